The Balaban J connectivity index is 1.40. The predicted octanol–water partition coefficient (Wildman–Crippen LogP) is 4.06. The van der Waals surface area contributed by atoms with Gasteiger partial charge in [-0.2, -0.15) is 0 Å². The molecule has 2 heterocycles. The molecule has 3 aliphatic rings. The summed E-state index contributed by atoms with van der Waals surface area (Å²) in [6.45, 7) is 5.62. The topological polar surface area (TPSA) is 82.6 Å². The molecule has 162 valence electrons. The number of benzene rings is 1. The van der Waals surface area contributed by atoms with Crippen LogP contribution in [0.15, 0.2) is 23.6 Å². The fourth-order valence-electron chi connectivity index (χ4n) is 4.82. The lowest BCUT2D eigenvalue weighted by Gasteiger charge is -2.26. The number of urea groups is 1. The van der Waals surface area contributed by atoms with Crippen molar-refractivity contribution in [1.82, 2.24) is 15.2 Å². The van der Waals surface area contributed by atoms with Crippen LogP contribution in [-0.2, 0) is 16.1 Å². The summed E-state index contributed by atoms with van der Waals surface area (Å²) in [6, 6.07) is 5.60. The Morgan fingerprint density at radius 1 is 1.23 bits per heavy atom. The van der Waals surface area contributed by atoms with Crippen LogP contribution >= 0.6 is 11.3 Å². The molecule has 0 unspecified atom stereocenters. The fourth-order valence-corrected chi connectivity index (χ4v) is 5.69. The highest BCUT2D eigenvalue weighted by molar-refractivity contribution is 7.14. The zero-order valence-corrected chi connectivity index (χ0v) is 18.8. The molecule has 0 spiro atoms. The summed E-state index contributed by atoms with van der Waals surface area (Å²) < 4.78 is 0. The van der Waals surface area contributed by atoms with E-state index in [2.05, 4.69) is 10.3 Å². The molecule has 2 aromatic rings. The summed E-state index contributed by atoms with van der Waals surface area (Å²) in [6.07, 6.45) is 4.00. The third-order valence-electron chi connectivity index (χ3n) is 6.56. The normalized spacial score (nSPS) is 20.2. The average Bonchev–Trinajstić information content (AvgIpc) is 3.63. The first-order valence-electron chi connectivity index (χ1n) is 10.8. The molecule has 1 aromatic carbocycles. The van der Waals surface area contributed by atoms with Crippen molar-refractivity contribution in [2.45, 2.75) is 58.5 Å². The van der Waals surface area contributed by atoms with Crippen molar-refractivity contribution >= 4 is 40.0 Å². The van der Waals surface area contributed by atoms with Gasteiger partial charge in [0.1, 0.15) is 5.54 Å². The zero-order valence-electron chi connectivity index (χ0n) is 18.0. The molecule has 0 atom stereocenters. The van der Waals surface area contributed by atoms with Crippen LogP contribution in [0.4, 0.5) is 15.6 Å². The Bertz CT molecular complexity index is 1070. The summed E-state index contributed by atoms with van der Waals surface area (Å²) in [5.74, 6) is 0.300. The van der Waals surface area contributed by atoms with Crippen LogP contribution in [0.2, 0.25) is 0 Å². The number of hydrogen-bond donors (Lipinski definition) is 1. The minimum Gasteiger partial charge on any atom is -0.323 e. The summed E-state index contributed by atoms with van der Waals surface area (Å²) in [5, 5.41) is 5.41. The number of nitrogens with zero attached hydrogens (tertiary/aromatic N) is 3. The molecule has 2 aliphatic carbocycles. The summed E-state index contributed by atoms with van der Waals surface area (Å²) in [5.41, 5.74) is 2.82. The molecule has 3 fully saturated rings. The lowest BCUT2D eigenvalue weighted by atomic mass is 9.87. The molecule has 1 aromatic heterocycles. The Hall–Kier alpha value is -2.74. The van der Waals surface area contributed by atoms with E-state index >= 15 is 0 Å². The van der Waals surface area contributed by atoms with E-state index in [-0.39, 0.29) is 36.2 Å². The zero-order chi connectivity index (χ0) is 21.9. The molecule has 1 saturated heterocycles. The van der Waals surface area contributed by atoms with E-state index in [4.69, 9.17) is 0 Å². The lowest BCUT2D eigenvalue weighted by molar-refractivity contribution is -0.133. The monoisotopic (exact) mass is 438 g/mol. The molecule has 1 aliphatic heterocycles. The number of aromatic nitrogens is 1. The Morgan fingerprint density at radius 3 is 2.48 bits per heavy atom. The van der Waals surface area contributed by atoms with E-state index in [9.17, 15) is 14.4 Å². The van der Waals surface area contributed by atoms with Gasteiger partial charge in [-0.3, -0.25) is 19.4 Å². The van der Waals surface area contributed by atoms with Gasteiger partial charge < -0.3 is 5.32 Å². The standard InChI is InChI=1S/C23H26N4O3S/c1-13-4-9-19(14(2)10-13)27(15(3)28)22-24-18(12-31-22)11-26-20(29)23(16-5-6-16,17-7-8-17)25-21(26)30/h4,9-10,12,16-17H,5-8,11H2,1-3H3,(H,25,30). The maximum atomic E-state index is 13.3. The number of amides is 4. The van der Waals surface area contributed by atoms with E-state index in [1.54, 1.807) is 4.90 Å². The summed E-state index contributed by atoms with van der Waals surface area (Å²) in [7, 11) is 0. The maximum absolute atomic E-state index is 13.3. The number of anilines is 2. The van der Waals surface area contributed by atoms with Gasteiger partial charge >= 0.3 is 6.03 Å². The molecule has 1 N–H and O–H groups in total. The number of carbonyl (C=O) groups excluding carboxylic acids is 3. The van der Waals surface area contributed by atoms with E-state index in [0.29, 0.717) is 10.8 Å². The van der Waals surface area contributed by atoms with E-state index in [1.165, 1.54) is 23.2 Å². The predicted molar refractivity (Wildman–Crippen MR) is 118 cm³/mol. The van der Waals surface area contributed by atoms with Gasteiger partial charge in [0, 0.05) is 12.3 Å². The number of hydrogen-bond acceptors (Lipinski definition) is 5. The van der Waals surface area contributed by atoms with Crippen LogP contribution in [0.3, 0.4) is 0 Å². The van der Waals surface area contributed by atoms with Crippen LogP contribution < -0.4 is 10.2 Å². The second-order valence-electron chi connectivity index (χ2n) is 9.00. The van der Waals surface area contributed by atoms with Gasteiger partial charge in [0.25, 0.3) is 5.91 Å². The third-order valence-corrected chi connectivity index (χ3v) is 7.43. The van der Waals surface area contributed by atoms with Crippen molar-refractivity contribution in [3.63, 3.8) is 0 Å². The molecule has 0 radical (unpaired) electrons. The molecule has 2 saturated carbocycles. The third kappa shape index (κ3) is 3.33. The highest BCUT2D eigenvalue weighted by atomic mass is 32.1. The smallest absolute Gasteiger partial charge is 0.323 e. The first kappa shape index (κ1) is 20.2. The summed E-state index contributed by atoms with van der Waals surface area (Å²) >= 11 is 1.34. The molecule has 31 heavy (non-hydrogen) atoms. The van der Waals surface area contributed by atoms with Crippen molar-refractivity contribution in [2.75, 3.05) is 4.90 Å². The number of aryl methyl sites for hydroxylation is 2. The number of thiazole rings is 1. The minimum atomic E-state index is -0.694. The quantitative estimate of drug-likeness (QED) is 0.690. The Labute approximate surface area is 185 Å². The van der Waals surface area contributed by atoms with Crippen LogP contribution in [0.5, 0.6) is 0 Å². The highest BCUT2D eigenvalue weighted by Gasteiger charge is 2.65. The molecule has 7 nitrogen and oxygen atoms in total. The summed E-state index contributed by atoms with van der Waals surface area (Å²) in [4.78, 5) is 46.0. The van der Waals surface area contributed by atoms with Gasteiger partial charge in [-0.15, -0.1) is 11.3 Å². The van der Waals surface area contributed by atoms with E-state index in [1.807, 2.05) is 37.4 Å². The maximum Gasteiger partial charge on any atom is 0.325 e. The minimum absolute atomic E-state index is 0.102. The number of rotatable bonds is 6. The van der Waals surface area contributed by atoms with Crippen LogP contribution in [0.1, 0.15) is 49.4 Å². The van der Waals surface area contributed by atoms with Gasteiger partial charge in [-0.05, 0) is 63.0 Å². The van der Waals surface area contributed by atoms with Gasteiger partial charge in [0.15, 0.2) is 5.13 Å². The van der Waals surface area contributed by atoms with E-state index in [0.717, 1.165) is 42.5 Å². The molecule has 5 rings (SSSR count). The number of imide groups is 1. The molecule has 4 amide bonds. The van der Waals surface area contributed by atoms with Crippen LogP contribution in [-0.4, -0.2) is 33.3 Å². The van der Waals surface area contributed by atoms with Crippen LogP contribution in [0, 0.1) is 25.7 Å². The molecular formula is C23H26N4O3S. The largest absolute Gasteiger partial charge is 0.325 e. The first-order chi connectivity index (χ1) is 14.8. The van der Waals surface area contributed by atoms with E-state index < -0.39 is 5.54 Å². The first-order valence-corrected chi connectivity index (χ1v) is 11.7. The fraction of sp³-hybridized carbons (Fsp3) is 0.478. The molecule has 8 heteroatoms. The average molecular weight is 439 g/mol. The van der Waals surface area contributed by atoms with Gasteiger partial charge in [0.05, 0.1) is 17.9 Å². The van der Waals surface area contributed by atoms with Gasteiger partial charge in [0.2, 0.25) is 5.91 Å². The van der Waals surface area contributed by atoms with Crippen molar-refractivity contribution < 1.29 is 14.4 Å². The molecular weight excluding hydrogens is 412 g/mol. The Kier molecular flexibility index (Phi) is 4.66. The second kappa shape index (κ2) is 7.15. The van der Waals surface area contributed by atoms with Crippen molar-refractivity contribution in [3.05, 3.63) is 40.4 Å². The molecule has 0 bridgehead atoms. The van der Waals surface area contributed by atoms with Gasteiger partial charge in [-0.25, -0.2) is 9.78 Å². The van der Waals surface area contributed by atoms with Crippen molar-refractivity contribution in [3.8, 4) is 0 Å². The lowest BCUT2D eigenvalue weighted by Crippen LogP contribution is -2.51. The number of carbonyl (C=O) groups is 3. The van der Waals surface area contributed by atoms with Crippen LogP contribution in [0.25, 0.3) is 0 Å². The van der Waals surface area contributed by atoms with Crippen molar-refractivity contribution in [2.24, 2.45) is 11.8 Å². The number of nitrogens with one attached hydrogen (secondary N) is 1. The van der Waals surface area contributed by atoms with Gasteiger partial charge in [-0.1, -0.05) is 17.7 Å². The highest BCUT2D eigenvalue weighted by Crippen LogP contribution is 2.54. The second-order valence-corrected chi connectivity index (χ2v) is 9.84. The van der Waals surface area contributed by atoms with Crippen molar-refractivity contribution in [1.29, 1.82) is 0 Å². The Morgan fingerprint density at radius 2 is 1.90 bits per heavy atom. The SMILES string of the molecule is CC(=O)N(c1nc(CN2C(=O)NC(C3CC3)(C3CC3)C2=O)cs1)c1ccc(C)cc1C.